The fourth-order valence-corrected chi connectivity index (χ4v) is 2.55. The number of amides is 1. The fraction of sp³-hybridized carbons (Fsp3) is 0.643. The average Bonchev–Trinajstić information content (AvgIpc) is 2.43. The van der Waals surface area contributed by atoms with Gasteiger partial charge in [0, 0.05) is 24.5 Å². The highest BCUT2D eigenvalue weighted by Crippen LogP contribution is 2.21. The molecule has 1 aromatic rings. The van der Waals surface area contributed by atoms with Gasteiger partial charge >= 0.3 is 6.18 Å². The molecule has 8 heteroatoms. The first-order valence-electron chi connectivity index (χ1n) is 7.16. The number of rotatable bonds is 3. The van der Waals surface area contributed by atoms with E-state index in [0.29, 0.717) is 25.5 Å². The van der Waals surface area contributed by atoms with E-state index >= 15 is 0 Å². The number of halogens is 3. The van der Waals surface area contributed by atoms with Gasteiger partial charge in [-0.25, -0.2) is 9.97 Å². The lowest BCUT2D eigenvalue weighted by Crippen LogP contribution is -2.45. The monoisotopic (exact) mass is 316 g/mol. The van der Waals surface area contributed by atoms with E-state index in [1.54, 1.807) is 0 Å². The SMILES string of the molecule is Cc1cc(C)nc(N2CCCC(C(=O)NCC(F)(F)F)C2)n1. The minimum absolute atomic E-state index is 0.340. The van der Waals surface area contributed by atoms with Crippen LogP contribution < -0.4 is 10.2 Å². The molecule has 1 aliphatic rings. The molecular weight excluding hydrogens is 297 g/mol. The molecule has 0 bridgehead atoms. The second kappa shape index (κ2) is 6.50. The highest BCUT2D eigenvalue weighted by atomic mass is 19.4. The minimum atomic E-state index is -4.39. The van der Waals surface area contributed by atoms with Crippen molar-refractivity contribution in [1.82, 2.24) is 15.3 Å². The molecule has 1 aliphatic heterocycles. The Morgan fingerprint density at radius 2 is 2.00 bits per heavy atom. The van der Waals surface area contributed by atoms with E-state index in [4.69, 9.17) is 0 Å². The second-order valence-corrected chi connectivity index (χ2v) is 5.57. The Morgan fingerprint density at radius 3 is 2.59 bits per heavy atom. The quantitative estimate of drug-likeness (QED) is 0.926. The predicted molar refractivity (Wildman–Crippen MR) is 75.5 cm³/mol. The molecule has 1 saturated heterocycles. The summed E-state index contributed by atoms with van der Waals surface area (Å²) in [6.07, 6.45) is -3.09. The van der Waals surface area contributed by atoms with Gasteiger partial charge in [-0.3, -0.25) is 4.79 Å². The Kier molecular flexibility index (Phi) is 4.87. The molecule has 1 unspecified atom stereocenters. The van der Waals surface area contributed by atoms with E-state index in [0.717, 1.165) is 17.8 Å². The van der Waals surface area contributed by atoms with Gasteiger partial charge in [0.1, 0.15) is 6.54 Å². The summed E-state index contributed by atoms with van der Waals surface area (Å²) in [4.78, 5) is 22.4. The molecule has 1 aromatic heterocycles. The first-order chi connectivity index (χ1) is 10.2. The summed E-state index contributed by atoms with van der Waals surface area (Å²) < 4.78 is 36.5. The van der Waals surface area contributed by atoms with E-state index < -0.39 is 24.5 Å². The van der Waals surface area contributed by atoms with Gasteiger partial charge in [0.2, 0.25) is 11.9 Å². The van der Waals surface area contributed by atoms with E-state index in [1.807, 2.05) is 30.1 Å². The van der Waals surface area contributed by atoms with Crippen molar-refractivity contribution in [2.45, 2.75) is 32.9 Å². The minimum Gasteiger partial charge on any atom is -0.347 e. The molecule has 1 atom stereocenters. The van der Waals surface area contributed by atoms with E-state index in [1.165, 1.54) is 0 Å². The number of carbonyl (C=O) groups excluding carboxylic acids is 1. The Morgan fingerprint density at radius 1 is 1.36 bits per heavy atom. The summed E-state index contributed by atoms with van der Waals surface area (Å²) >= 11 is 0. The van der Waals surface area contributed by atoms with Crippen LogP contribution in [0.2, 0.25) is 0 Å². The van der Waals surface area contributed by atoms with Crippen molar-refractivity contribution in [1.29, 1.82) is 0 Å². The summed E-state index contributed by atoms with van der Waals surface area (Å²) in [5, 5.41) is 1.96. The third kappa shape index (κ3) is 4.57. The summed E-state index contributed by atoms with van der Waals surface area (Å²) in [5.41, 5.74) is 1.65. The molecule has 0 aliphatic carbocycles. The fourth-order valence-electron chi connectivity index (χ4n) is 2.55. The van der Waals surface area contributed by atoms with Crippen molar-refractivity contribution >= 4 is 11.9 Å². The van der Waals surface area contributed by atoms with Crippen molar-refractivity contribution in [3.8, 4) is 0 Å². The molecule has 2 rings (SSSR count). The second-order valence-electron chi connectivity index (χ2n) is 5.57. The molecule has 5 nitrogen and oxygen atoms in total. The lowest BCUT2D eigenvalue weighted by Gasteiger charge is -2.32. The standard InChI is InChI=1S/C14H19F3N4O/c1-9-6-10(2)20-13(19-9)21-5-3-4-11(7-21)12(22)18-8-14(15,16)17/h6,11H,3-5,7-8H2,1-2H3,(H,18,22). The van der Waals surface area contributed by atoms with Gasteiger partial charge in [-0.2, -0.15) is 13.2 Å². The van der Waals surface area contributed by atoms with Crippen molar-refractivity contribution in [3.63, 3.8) is 0 Å². The lowest BCUT2D eigenvalue weighted by molar-refractivity contribution is -0.140. The maximum absolute atomic E-state index is 12.2. The Labute approximate surface area is 126 Å². The van der Waals surface area contributed by atoms with Crippen LogP contribution in [0.3, 0.4) is 0 Å². The number of hydrogen-bond acceptors (Lipinski definition) is 4. The Hall–Kier alpha value is -1.86. The maximum atomic E-state index is 12.2. The van der Waals surface area contributed by atoms with Crippen LogP contribution in [0.15, 0.2) is 6.07 Å². The molecule has 1 N–H and O–H groups in total. The third-order valence-corrected chi connectivity index (χ3v) is 3.51. The number of nitrogens with one attached hydrogen (secondary N) is 1. The van der Waals surface area contributed by atoms with Crippen LogP contribution in [0.25, 0.3) is 0 Å². The first kappa shape index (κ1) is 16.5. The first-order valence-corrected chi connectivity index (χ1v) is 7.16. The Balaban J connectivity index is 2.00. The highest BCUT2D eigenvalue weighted by molar-refractivity contribution is 5.79. The molecule has 1 amide bonds. The molecule has 0 aromatic carbocycles. The van der Waals surface area contributed by atoms with Gasteiger partial charge < -0.3 is 10.2 Å². The molecule has 22 heavy (non-hydrogen) atoms. The molecule has 0 radical (unpaired) electrons. The van der Waals surface area contributed by atoms with Gasteiger partial charge in [-0.15, -0.1) is 0 Å². The zero-order chi connectivity index (χ0) is 16.3. The van der Waals surface area contributed by atoms with Gasteiger partial charge in [-0.1, -0.05) is 0 Å². The molecule has 1 fully saturated rings. The van der Waals surface area contributed by atoms with E-state index in [9.17, 15) is 18.0 Å². The summed E-state index contributed by atoms with van der Waals surface area (Å²) in [7, 11) is 0. The van der Waals surface area contributed by atoms with E-state index in [2.05, 4.69) is 9.97 Å². The van der Waals surface area contributed by atoms with Crippen molar-refractivity contribution in [3.05, 3.63) is 17.5 Å². The maximum Gasteiger partial charge on any atom is 0.405 e. The van der Waals surface area contributed by atoms with Crippen LogP contribution in [0, 0.1) is 19.8 Å². The molecule has 122 valence electrons. The smallest absolute Gasteiger partial charge is 0.347 e. The van der Waals surface area contributed by atoms with E-state index in [-0.39, 0.29) is 0 Å². The number of alkyl halides is 3. The van der Waals surface area contributed by atoms with Crippen LogP contribution >= 0.6 is 0 Å². The predicted octanol–water partition coefficient (Wildman–Crippen LogP) is 1.99. The van der Waals surface area contributed by atoms with Crippen LogP contribution in [-0.4, -0.2) is 41.7 Å². The summed E-state index contributed by atoms with van der Waals surface area (Å²) in [6.45, 7) is 3.46. The van der Waals surface area contributed by atoms with Gasteiger partial charge in [0.15, 0.2) is 0 Å². The topological polar surface area (TPSA) is 58.1 Å². The van der Waals surface area contributed by atoms with Crippen LogP contribution in [-0.2, 0) is 4.79 Å². The Bertz CT molecular complexity index is 527. The number of aryl methyl sites for hydroxylation is 2. The van der Waals surface area contributed by atoms with Crippen LogP contribution in [0.5, 0.6) is 0 Å². The summed E-state index contributed by atoms with van der Waals surface area (Å²) in [5.74, 6) is -0.502. The number of piperidine rings is 1. The number of anilines is 1. The van der Waals surface area contributed by atoms with Gasteiger partial charge in [0.05, 0.1) is 5.92 Å². The average molecular weight is 316 g/mol. The van der Waals surface area contributed by atoms with Crippen molar-refractivity contribution in [2.24, 2.45) is 5.92 Å². The largest absolute Gasteiger partial charge is 0.405 e. The van der Waals surface area contributed by atoms with Crippen LogP contribution in [0.4, 0.5) is 19.1 Å². The molecule has 2 heterocycles. The zero-order valence-corrected chi connectivity index (χ0v) is 12.6. The molecular formula is C14H19F3N4O. The number of nitrogens with zero attached hydrogens (tertiary/aromatic N) is 3. The third-order valence-electron chi connectivity index (χ3n) is 3.51. The number of hydrogen-bond donors (Lipinski definition) is 1. The van der Waals surface area contributed by atoms with Crippen molar-refractivity contribution < 1.29 is 18.0 Å². The highest BCUT2D eigenvalue weighted by Gasteiger charge is 2.31. The van der Waals surface area contributed by atoms with Gasteiger partial charge in [0.25, 0.3) is 0 Å². The molecule has 0 spiro atoms. The van der Waals surface area contributed by atoms with Gasteiger partial charge in [-0.05, 0) is 32.8 Å². The van der Waals surface area contributed by atoms with Crippen LogP contribution in [0.1, 0.15) is 24.2 Å². The number of carbonyl (C=O) groups is 1. The summed E-state index contributed by atoms with van der Waals surface area (Å²) in [6, 6.07) is 1.85. The molecule has 0 saturated carbocycles. The normalized spacial score (nSPS) is 19.1. The number of aromatic nitrogens is 2. The lowest BCUT2D eigenvalue weighted by atomic mass is 9.97. The zero-order valence-electron chi connectivity index (χ0n) is 12.6. The van der Waals surface area contributed by atoms with Crippen molar-refractivity contribution in [2.75, 3.05) is 24.5 Å².